The number of rotatable bonds is 3. The molecule has 0 radical (unpaired) electrons. The number of hydrogen-bond acceptors (Lipinski definition) is 3. The lowest BCUT2D eigenvalue weighted by molar-refractivity contribution is 0.0629. The minimum Gasteiger partial charge on any atom is -0.381 e. The normalized spacial score (nSPS) is 32.6. The van der Waals surface area contributed by atoms with Crippen LogP contribution in [0.15, 0.2) is 24.3 Å². The number of likely N-dealkylation sites (tertiary alicyclic amines) is 1. The maximum absolute atomic E-state index is 13.3. The summed E-state index contributed by atoms with van der Waals surface area (Å²) in [5.74, 6) is 4.03. The van der Waals surface area contributed by atoms with Gasteiger partial charge in [-0.05, 0) is 54.6 Å². The van der Waals surface area contributed by atoms with Crippen LogP contribution in [0.4, 0.5) is 4.79 Å². The number of fused-ring (bicyclic) bond motifs is 5. The Morgan fingerprint density at radius 1 is 1.07 bits per heavy atom. The topological polar surface area (TPSA) is 70.2 Å². The third kappa shape index (κ3) is 2.95. The number of para-hydroxylation sites is 2. The predicted octanol–water partition coefficient (Wildman–Crippen LogP) is 3.72. The number of H-pyrrole nitrogens is 1. The molecule has 3 heterocycles. The molecule has 5 atom stereocenters. The van der Waals surface area contributed by atoms with Crippen LogP contribution in [0.3, 0.4) is 0 Å². The van der Waals surface area contributed by atoms with Crippen LogP contribution >= 0.6 is 0 Å². The van der Waals surface area contributed by atoms with E-state index in [-0.39, 0.29) is 12.1 Å². The number of benzene rings is 1. The first-order valence-corrected chi connectivity index (χ1v) is 11.4. The van der Waals surface area contributed by atoms with Crippen molar-refractivity contribution < 1.29 is 9.53 Å². The number of ether oxygens (including phenoxy) is 1. The fourth-order valence-electron chi connectivity index (χ4n) is 6.47. The maximum Gasteiger partial charge on any atom is 0.318 e. The van der Waals surface area contributed by atoms with E-state index < -0.39 is 0 Å². The Kier molecular flexibility index (Phi) is 4.29. The number of aromatic amines is 1. The average Bonchev–Trinajstić information content (AvgIpc) is 3.45. The van der Waals surface area contributed by atoms with Gasteiger partial charge in [0.25, 0.3) is 0 Å². The van der Waals surface area contributed by atoms with Crippen LogP contribution in [0.25, 0.3) is 11.0 Å². The fraction of sp³-hybridized carbons (Fsp3) is 0.652. The number of imidazole rings is 1. The first-order valence-electron chi connectivity index (χ1n) is 11.4. The van der Waals surface area contributed by atoms with Crippen LogP contribution in [-0.2, 0) is 4.74 Å². The van der Waals surface area contributed by atoms with Gasteiger partial charge in [0.05, 0.1) is 30.3 Å². The molecule has 0 bridgehead atoms. The number of aromatic nitrogens is 2. The maximum atomic E-state index is 13.3. The number of nitrogens with one attached hydrogen (secondary N) is 2. The van der Waals surface area contributed by atoms with E-state index in [2.05, 4.69) is 21.3 Å². The molecule has 1 aromatic heterocycles. The van der Waals surface area contributed by atoms with Crippen LogP contribution in [0.2, 0.25) is 0 Å². The molecule has 154 valence electrons. The van der Waals surface area contributed by atoms with E-state index >= 15 is 0 Å². The van der Waals surface area contributed by atoms with Gasteiger partial charge in [0.2, 0.25) is 0 Å². The molecule has 2 N–H and O–H groups in total. The number of amides is 2. The lowest BCUT2D eigenvalue weighted by atomic mass is 9.60. The van der Waals surface area contributed by atoms with E-state index in [9.17, 15) is 4.79 Å². The average molecular weight is 395 g/mol. The summed E-state index contributed by atoms with van der Waals surface area (Å²) in [6.07, 6.45) is 6.12. The van der Waals surface area contributed by atoms with Gasteiger partial charge < -0.3 is 19.9 Å². The number of urea groups is 1. The molecule has 6 rings (SSSR count). The Morgan fingerprint density at radius 3 is 2.52 bits per heavy atom. The Hall–Kier alpha value is -2.08. The smallest absolute Gasteiger partial charge is 0.318 e. The molecule has 4 aliphatic rings. The van der Waals surface area contributed by atoms with Crippen LogP contribution in [0.5, 0.6) is 0 Å². The van der Waals surface area contributed by atoms with E-state index in [1.54, 1.807) is 0 Å². The van der Waals surface area contributed by atoms with Gasteiger partial charge in [-0.15, -0.1) is 0 Å². The quantitative estimate of drug-likeness (QED) is 0.834. The number of carbonyl (C=O) groups excluding carboxylic acids is 1. The second kappa shape index (κ2) is 7.01. The largest absolute Gasteiger partial charge is 0.381 e. The highest BCUT2D eigenvalue weighted by Gasteiger charge is 2.57. The van der Waals surface area contributed by atoms with Gasteiger partial charge in [0.15, 0.2) is 0 Å². The zero-order chi connectivity index (χ0) is 19.4. The molecule has 2 aliphatic carbocycles. The Bertz CT molecular complexity index is 854. The summed E-state index contributed by atoms with van der Waals surface area (Å²) in [5, 5.41) is 3.40. The molecule has 1 aromatic carbocycles. The molecule has 4 fully saturated rings. The Labute approximate surface area is 171 Å². The summed E-state index contributed by atoms with van der Waals surface area (Å²) >= 11 is 0. The summed E-state index contributed by atoms with van der Waals surface area (Å²) in [4.78, 5) is 23.7. The molecular formula is C23H30N4O2. The van der Waals surface area contributed by atoms with E-state index in [1.807, 2.05) is 18.2 Å². The van der Waals surface area contributed by atoms with Crippen molar-refractivity contribution in [1.82, 2.24) is 20.2 Å². The molecule has 2 saturated carbocycles. The van der Waals surface area contributed by atoms with Crippen molar-refractivity contribution in [2.75, 3.05) is 26.3 Å². The van der Waals surface area contributed by atoms with Gasteiger partial charge in [0.1, 0.15) is 5.82 Å². The van der Waals surface area contributed by atoms with Crippen molar-refractivity contribution in [2.24, 2.45) is 29.6 Å². The van der Waals surface area contributed by atoms with Crippen molar-refractivity contribution in [3.8, 4) is 0 Å². The van der Waals surface area contributed by atoms with Crippen molar-refractivity contribution in [1.29, 1.82) is 0 Å². The fourth-order valence-corrected chi connectivity index (χ4v) is 6.47. The summed E-state index contributed by atoms with van der Waals surface area (Å²) < 4.78 is 5.66. The molecular weight excluding hydrogens is 364 g/mol. The van der Waals surface area contributed by atoms with Crippen LogP contribution in [0.1, 0.15) is 44.0 Å². The van der Waals surface area contributed by atoms with Gasteiger partial charge >= 0.3 is 6.03 Å². The van der Waals surface area contributed by atoms with Gasteiger partial charge in [-0.25, -0.2) is 9.78 Å². The summed E-state index contributed by atoms with van der Waals surface area (Å²) in [7, 11) is 0. The number of nitrogens with zero attached hydrogens (tertiary/aromatic N) is 2. The van der Waals surface area contributed by atoms with Crippen molar-refractivity contribution in [2.45, 2.75) is 38.1 Å². The molecule has 2 aliphatic heterocycles. The SMILES string of the molecule is O=C(NC(c1nc2ccccc2[nH]1)C1CCCCC1)N1CC2C3COCC3C2C1. The lowest BCUT2D eigenvalue weighted by Gasteiger charge is -2.42. The lowest BCUT2D eigenvalue weighted by Crippen LogP contribution is -2.44. The molecule has 2 saturated heterocycles. The van der Waals surface area contributed by atoms with E-state index in [0.29, 0.717) is 29.6 Å². The Balaban J connectivity index is 1.22. The molecule has 0 spiro atoms. The summed E-state index contributed by atoms with van der Waals surface area (Å²) in [6, 6.07) is 8.20. The first kappa shape index (κ1) is 17.8. The van der Waals surface area contributed by atoms with Gasteiger partial charge in [-0.1, -0.05) is 31.4 Å². The first-order chi connectivity index (χ1) is 14.3. The molecule has 2 amide bonds. The van der Waals surface area contributed by atoms with Crippen LogP contribution in [0, 0.1) is 29.6 Å². The second-order valence-corrected chi connectivity index (χ2v) is 9.56. The minimum atomic E-state index is -0.0312. The van der Waals surface area contributed by atoms with E-state index in [1.165, 1.54) is 19.3 Å². The van der Waals surface area contributed by atoms with Gasteiger partial charge in [0, 0.05) is 13.1 Å². The third-order valence-corrected chi connectivity index (χ3v) is 8.07. The Morgan fingerprint density at radius 2 is 1.79 bits per heavy atom. The highest BCUT2D eigenvalue weighted by molar-refractivity contribution is 5.77. The molecule has 5 unspecified atom stereocenters. The molecule has 2 aromatic rings. The van der Waals surface area contributed by atoms with Crippen LogP contribution < -0.4 is 5.32 Å². The zero-order valence-corrected chi connectivity index (χ0v) is 16.8. The third-order valence-electron chi connectivity index (χ3n) is 8.07. The molecule has 6 heteroatoms. The molecule has 29 heavy (non-hydrogen) atoms. The highest BCUT2D eigenvalue weighted by Crippen LogP contribution is 2.53. The molecule has 6 nitrogen and oxygen atoms in total. The van der Waals surface area contributed by atoms with Crippen molar-refractivity contribution in [3.63, 3.8) is 0 Å². The van der Waals surface area contributed by atoms with Crippen molar-refractivity contribution in [3.05, 3.63) is 30.1 Å². The zero-order valence-electron chi connectivity index (χ0n) is 16.8. The van der Waals surface area contributed by atoms with Gasteiger partial charge in [-0.2, -0.15) is 0 Å². The minimum absolute atomic E-state index is 0.0312. The summed E-state index contributed by atoms with van der Waals surface area (Å²) in [6.45, 7) is 3.56. The van der Waals surface area contributed by atoms with Crippen LogP contribution in [-0.4, -0.2) is 47.2 Å². The number of hydrogen-bond donors (Lipinski definition) is 2. The predicted molar refractivity (Wildman–Crippen MR) is 110 cm³/mol. The monoisotopic (exact) mass is 394 g/mol. The van der Waals surface area contributed by atoms with Crippen molar-refractivity contribution >= 4 is 17.1 Å². The van der Waals surface area contributed by atoms with E-state index in [0.717, 1.165) is 56.0 Å². The van der Waals surface area contributed by atoms with Gasteiger partial charge in [-0.3, -0.25) is 0 Å². The van der Waals surface area contributed by atoms with E-state index in [4.69, 9.17) is 9.72 Å². The summed E-state index contributed by atoms with van der Waals surface area (Å²) in [5.41, 5.74) is 2.02. The highest BCUT2D eigenvalue weighted by atomic mass is 16.5. The number of carbonyl (C=O) groups is 1. The standard InChI is InChI=1S/C23H30N4O2/c28-23(27-10-15-16(11-27)18-13-29-12-17(15)18)26-21(14-6-2-1-3-7-14)22-24-19-8-4-5-9-20(19)25-22/h4-5,8-9,14-18,21H,1-3,6-7,10-13H2,(H,24,25)(H,26,28). The second-order valence-electron chi connectivity index (χ2n) is 9.56.